The van der Waals surface area contributed by atoms with Crippen LogP contribution in [0.5, 0.6) is 16.7 Å². The number of imidazole rings is 1. The molecule has 0 N–H and O–H groups in total. The quantitative estimate of drug-likeness (QED) is 0.276. The largest absolute Gasteiger partial charge is 0.496 e. The highest BCUT2D eigenvalue weighted by Crippen LogP contribution is 2.38. The summed E-state index contributed by atoms with van der Waals surface area (Å²) in [6, 6.07) is 14.6. The third-order valence-electron chi connectivity index (χ3n) is 6.65. The number of fused-ring (bicyclic) bond motifs is 2. The highest BCUT2D eigenvalue weighted by atomic mass is 32.1. The molecule has 186 valence electrons. The summed E-state index contributed by atoms with van der Waals surface area (Å²) < 4.78 is 25.0. The van der Waals surface area contributed by atoms with E-state index < -0.39 is 0 Å². The standard InChI is InChI=1S/C27H28N4O4S/c1-17-6-8-19(9-7-17)30-10-4-5-18(14-30)16-34-23-11-20(32-2)12-24-21(23)13-25(35-24)22-15-31-26(28-22)36-27(29-31)33-3/h6-9,11-13,15,18H,4-5,10,14,16H2,1-3H3/t18-/m0/s1. The van der Waals surface area contributed by atoms with Crippen LogP contribution >= 0.6 is 11.3 Å². The topological polar surface area (TPSA) is 74.3 Å². The van der Waals surface area contributed by atoms with Crippen molar-refractivity contribution in [2.45, 2.75) is 19.8 Å². The minimum Gasteiger partial charge on any atom is -0.496 e. The lowest BCUT2D eigenvalue weighted by Crippen LogP contribution is -2.37. The second kappa shape index (κ2) is 9.39. The van der Waals surface area contributed by atoms with Crippen molar-refractivity contribution in [1.29, 1.82) is 0 Å². The van der Waals surface area contributed by atoms with Gasteiger partial charge in [-0.3, -0.25) is 0 Å². The van der Waals surface area contributed by atoms with Crippen LogP contribution in [0.25, 0.3) is 27.4 Å². The maximum atomic E-state index is 6.41. The Kier molecular flexibility index (Phi) is 5.92. The number of methoxy groups -OCH3 is 2. The zero-order chi connectivity index (χ0) is 24.6. The molecule has 0 spiro atoms. The number of furan rings is 1. The summed E-state index contributed by atoms with van der Waals surface area (Å²) >= 11 is 1.38. The van der Waals surface area contributed by atoms with Crippen molar-refractivity contribution in [2.24, 2.45) is 5.92 Å². The highest BCUT2D eigenvalue weighted by Gasteiger charge is 2.22. The second-order valence-electron chi connectivity index (χ2n) is 9.17. The number of benzene rings is 2. The Morgan fingerprint density at radius 3 is 2.75 bits per heavy atom. The van der Waals surface area contributed by atoms with E-state index in [1.807, 2.05) is 24.4 Å². The first-order valence-electron chi connectivity index (χ1n) is 12.1. The van der Waals surface area contributed by atoms with Crippen LogP contribution in [0.2, 0.25) is 0 Å². The third kappa shape index (κ3) is 4.35. The van der Waals surface area contributed by atoms with Gasteiger partial charge in [0.1, 0.15) is 22.8 Å². The fraction of sp³-hybridized carbons (Fsp3) is 0.333. The van der Waals surface area contributed by atoms with Gasteiger partial charge >= 0.3 is 0 Å². The van der Waals surface area contributed by atoms with E-state index in [1.54, 1.807) is 18.7 Å². The molecule has 2 aromatic carbocycles. The number of ether oxygens (including phenoxy) is 3. The molecule has 1 aliphatic heterocycles. The maximum Gasteiger partial charge on any atom is 0.294 e. The lowest BCUT2D eigenvalue weighted by Gasteiger charge is -2.34. The molecule has 0 unspecified atom stereocenters. The van der Waals surface area contributed by atoms with E-state index in [0.717, 1.165) is 42.0 Å². The molecule has 1 atom stereocenters. The number of hydrogen-bond acceptors (Lipinski definition) is 8. The van der Waals surface area contributed by atoms with E-state index in [9.17, 15) is 0 Å². The van der Waals surface area contributed by atoms with Gasteiger partial charge in [-0.1, -0.05) is 17.7 Å². The summed E-state index contributed by atoms with van der Waals surface area (Å²) in [5.41, 5.74) is 3.97. The SMILES string of the molecule is COc1cc(OC[C@H]2CCCN(c3ccc(C)cc3)C2)c2cc(-c3cn4nc(OC)sc4n3)oc2c1. The molecule has 0 amide bonds. The van der Waals surface area contributed by atoms with Gasteiger partial charge in [-0.15, -0.1) is 5.10 Å². The first-order chi connectivity index (χ1) is 17.6. The van der Waals surface area contributed by atoms with Gasteiger partial charge < -0.3 is 23.5 Å². The van der Waals surface area contributed by atoms with Gasteiger partial charge in [0.15, 0.2) is 5.76 Å². The van der Waals surface area contributed by atoms with E-state index in [-0.39, 0.29) is 0 Å². The molecule has 3 aromatic heterocycles. The molecule has 0 bridgehead atoms. The molecular formula is C27H28N4O4S. The van der Waals surface area contributed by atoms with E-state index in [4.69, 9.17) is 18.6 Å². The number of aryl methyl sites for hydroxylation is 1. The number of aromatic nitrogens is 3. The monoisotopic (exact) mass is 504 g/mol. The fourth-order valence-electron chi connectivity index (χ4n) is 4.73. The second-order valence-corrected chi connectivity index (χ2v) is 10.1. The zero-order valence-electron chi connectivity index (χ0n) is 20.6. The van der Waals surface area contributed by atoms with Crippen molar-refractivity contribution in [3.05, 3.63) is 54.2 Å². The van der Waals surface area contributed by atoms with Crippen LogP contribution in [-0.2, 0) is 0 Å². The summed E-state index contributed by atoms with van der Waals surface area (Å²) in [7, 11) is 3.25. The molecule has 36 heavy (non-hydrogen) atoms. The molecule has 1 saturated heterocycles. The van der Waals surface area contributed by atoms with Gasteiger partial charge in [0.2, 0.25) is 4.96 Å². The van der Waals surface area contributed by atoms with Gasteiger partial charge in [-0.05, 0) is 49.3 Å². The number of anilines is 1. The molecule has 6 rings (SSSR count). The van der Waals surface area contributed by atoms with Crippen LogP contribution in [0.15, 0.2) is 53.1 Å². The Morgan fingerprint density at radius 1 is 1.11 bits per heavy atom. The van der Waals surface area contributed by atoms with Crippen LogP contribution < -0.4 is 19.1 Å². The van der Waals surface area contributed by atoms with Gasteiger partial charge in [-0.25, -0.2) is 9.50 Å². The summed E-state index contributed by atoms with van der Waals surface area (Å²) in [5.74, 6) is 2.55. The molecule has 0 aliphatic carbocycles. The summed E-state index contributed by atoms with van der Waals surface area (Å²) in [6.45, 7) is 4.82. The number of piperidine rings is 1. The smallest absolute Gasteiger partial charge is 0.294 e. The summed E-state index contributed by atoms with van der Waals surface area (Å²) in [5, 5.41) is 5.82. The van der Waals surface area contributed by atoms with Crippen molar-refractivity contribution in [2.75, 3.05) is 38.8 Å². The third-order valence-corrected chi connectivity index (χ3v) is 7.54. The van der Waals surface area contributed by atoms with Crippen molar-refractivity contribution < 1.29 is 18.6 Å². The first kappa shape index (κ1) is 22.7. The van der Waals surface area contributed by atoms with Crippen molar-refractivity contribution >= 4 is 33.0 Å². The zero-order valence-corrected chi connectivity index (χ0v) is 21.4. The van der Waals surface area contributed by atoms with Crippen LogP contribution in [0.1, 0.15) is 18.4 Å². The van der Waals surface area contributed by atoms with Gasteiger partial charge in [0.05, 0.1) is 32.4 Å². The van der Waals surface area contributed by atoms with Crippen LogP contribution in [0.3, 0.4) is 0 Å². The van der Waals surface area contributed by atoms with Gasteiger partial charge in [-0.2, -0.15) is 0 Å². The minimum atomic E-state index is 0.439. The van der Waals surface area contributed by atoms with Crippen LogP contribution in [0.4, 0.5) is 5.69 Å². The molecule has 4 heterocycles. The maximum absolute atomic E-state index is 6.41. The Balaban J connectivity index is 1.23. The molecule has 1 aliphatic rings. The molecule has 5 aromatic rings. The molecule has 9 heteroatoms. The van der Waals surface area contributed by atoms with E-state index in [0.29, 0.717) is 40.5 Å². The lowest BCUT2D eigenvalue weighted by atomic mass is 9.98. The Morgan fingerprint density at radius 2 is 1.97 bits per heavy atom. The minimum absolute atomic E-state index is 0.439. The fourth-order valence-corrected chi connectivity index (χ4v) is 5.43. The predicted octanol–water partition coefficient (Wildman–Crippen LogP) is 5.83. The van der Waals surface area contributed by atoms with Crippen LogP contribution in [0, 0.1) is 12.8 Å². The average Bonchev–Trinajstić information content (AvgIpc) is 3.60. The van der Waals surface area contributed by atoms with Gasteiger partial charge in [0.25, 0.3) is 5.19 Å². The van der Waals surface area contributed by atoms with E-state index in [1.165, 1.54) is 22.6 Å². The summed E-state index contributed by atoms with van der Waals surface area (Å²) in [4.78, 5) is 7.85. The highest BCUT2D eigenvalue weighted by molar-refractivity contribution is 7.18. The average molecular weight is 505 g/mol. The van der Waals surface area contributed by atoms with Crippen molar-refractivity contribution in [1.82, 2.24) is 14.6 Å². The Hall–Kier alpha value is -3.72. The Bertz CT molecular complexity index is 1470. The van der Waals surface area contributed by atoms with Crippen molar-refractivity contribution in [3.63, 3.8) is 0 Å². The summed E-state index contributed by atoms with van der Waals surface area (Å²) in [6.07, 6.45) is 4.14. The molecule has 1 fully saturated rings. The van der Waals surface area contributed by atoms with E-state index in [2.05, 4.69) is 46.2 Å². The van der Waals surface area contributed by atoms with Crippen molar-refractivity contribution in [3.8, 4) is 28.1 Å². The molecule has 8 nitrogen and oxygen atoms in total. The molecule has 0 saturated carbocycles. The predicted molar refractivity (Wildman–Crippen MR) is 141 cm³/mol. The molecular weight excluding hydrogens is 476 g/mol. The molecule has 0 radical (unpaired) electrons. The number of hydrogen-bond donors (Lipinski definition) is 0. The lowest BCUT2D eigenvalue weighted by molar-refractivity contribution is 0.230. The first-order valence-corrected chi connectivity index (χ1v) is 12.9. The normalized spacial score (nSPS) is 16.1. The van der Waals surface area contributed by atoms with Crippen LogP contribution in [-0.4, -0.2) is 48.5 Å². The number of rotatable bonds is 7. The van der Waals surface area contributed by atoms with E-state index >= 15 is 0 Å². The van der Waals surface area contributed by atoms with Gasteiger partial charge in [0, 0.05) is 36.8 Å². The Labute approximate surface area is 213 Å². The number of nitrogens with zero attached hydrogens (tertiary/aromatic N) is 4.